The molecule has 0 radical (unpaired) electrons. The molecule has 0 spiro atoms. The van der Waals surface area contributed by atoms with Crippen molar-refractivity contribution < 1.29 is 108 Å². The Hall–Kier alpha value is -3.01. The van der Waals surface area contributed by atoms with Gasteiger partial charge in [0.25, 0.3) is 0 Å². The molecule has 22 nitrogen and oxygen atoms in total. The highest BCUT2D eigenvalue weighted by Crippen LogP contribution is 2.76. The van der Waals surface area contributed by atoms with Gasteiger partial charge in [-0.25, -0.2) is 14.4 Å². The Kier molecular flexibility index (Phi) is 18.2. The number of aliphatic carboxylic acids is 1. The van der Waals surface area contributed by atoms with E-state index in [1.54, 1.807) is 39.8 Å². The summed E-state index contributed by atoms with van der Waals surface area (Å²) in [4.78, 5) is 40.3. The number of allylic oxidation sites excluding steroid dienone is 4. The summed E-state index contributed by atoms with van der Waals surface area (Å²) in [5, 5.41) is 121. The first-order valence-electron chi connectivity index (χ1n) is 28.5. The first kappa shape index (κ1) is 63.0. The lowest BCUT2D eigenvalue weighted by molar-refractivity contribution is -0.374. The second-order valence-electron chi connectivity index (χ2n) is 26.4. The molecule has 7 fully saturated rings. The second kappa shape index (κ2) is 23.1. The highest BCUT2D eigenvalue weighted by Gasteiger charge is 2.74. The van der Waals surface area contributed by atoms with Crippen LogP contribution in [0, 0.1) is 56.2 Å². The molecular formula is C58H90O22. The summed E-state index contributed by atoms with van der Waals surface area (Å²) in [7, 11) is 0. The van der Waals surface area contributed by atoms with E-state index in [0.29, 0.717) is 49.7 Å². The van der Waals surface area contributed by atoms with Gasteiger partial charge >= 0.3 is 17.9 Å². The average Bonchev–Trinajstić information content (AvgIpc) is 3.43. The van der Waals surface area contributed by atoms with E-state index in [1.807, 2.05) is 13.8 Å². The molecule has 0 aromatic heterocycles. The molecule has 0 aromatic carbocycles. The average molecular weight is 1140 g/mol. The summed E-state index contributed by atoms with van der Waals surface area (Å²) in [6.07, 6.45) is -17.2. The maximum atomic E-state index is 13.8. The lowest BCUT2D eigenvalue weighted by Crippen LogP contribution is -2.72. The number of fused-ring (bicyclic) bond motifs is 7. The van der Waals surface area contributed by atoms with Crippen molar-refractivity contribution in [3.05, 3.63) is 34.9 Å². The molecule has 11 N–H and O–H groups in total. The molecular weight excluding hydrogens is 1050 g/mol. The Morgan fingerprint density at radius 2 is 1.34 bits per heavy atom. The maximum absolute atomic E-state index is 13.8. The van der Waals surface area contributed by atoms with Gasteiger partial charge in [-0.2, -0.15) is 0 Å². The number of carbonyl (C=O) groups is 3. The standard InChI is InChI=1S/C58H90O22/c1-12-26(3)48(71)79-45-46(80-49(72)27(4)13-2)58(25-60)30(20-53(45,5)6)29-14-15-34-55(9)18-17-36(54(7,8)33(55)16-19-56(34,10)57(29,11)21-35(58)62)76-52-43(77-51-42(68)40(66)39(65)32(22-59)75-51)28(37(63)44(78-52)47(69)70)23-73-50-41(67)38(64)31(61)24-74-50/h12-14,28,30-46,50-52,59-68H,15-25H2,1-11H3,(H,69,70)/b26-12-,27-13-/t28-,30?,31-,32?,33?,34?,35-,36+,37+,38-,39+,40-,41?,42?,43?,44?,45+,46+,50-,51+,52-,55+,56-,57-,58+/m1/s1. The first-order valence-corrected chi connectivity index (χ1v) is 28.5. The lowest BCUT2D eigenvalue weighted by atomic mass is 9.33. The molecule has 22 heteroatoms. The van der Waals surface area contributed by atoms with Crippen LogP contribution in [0.5, 0.6) is 0 Å². The monoisotopic (exact) mass is 1140 g/mol. The Labute approximate surface area is 468 Å². The molecule has 8 aliphatic rings. The van der Waals surface area contributed by atoms with Crippen LogP contribution in [0.15, 0.2) is 34.9 Å². The Bertz CT molecular complexity index is 2370. The highest BCUT2D eigenvalue weighted by atomic mass is 16.8. The van der Waals surface area contributed by atoms with E-state index >= 15 is 0 Å². The van der Waals surface area contributed by atoms with Crippen LogP contribution in [0.3, 0.4) is 0 Å². The van der Waals surface area contributed by atoms with Gasteiger partial charge in [0.05, 0.1) is 50.2 Å². The van der Waals surface area contributed by atoms with E-state index in [0.717, 1.165) is 5.57 Å². The van der Waals surface area contributed by atoms with E-state index in [4.69, 9.17) is 37.9 Å². The van der Waals surface area contributed by atoms with Crippen LogP contribution in [0.2, 0.25) is 0 Å². The maximum Gasteiger partial charge on any atom is 0.335 e. The fraction of sp³-hybridized carbons (Fsp3) is 0.845. The zero-order valence-electron chi connectivity index (χ0n) is 48.0. The number of carboxylic acids is 1. The van der Waals surface area contributed by atoms with Gasteiger partial charge in [-0.1, -0.05) is 72.3 Å². The molecule has 3 aliphatic heterocycles. The van der Waals surface area contributed by atoms with Crippen molar-refractivity contribution in [2.75, 3.05) is 26.4 Å². The lowest BCUT2D eigenvalue weighted by Gasteiger charge is -2.72. The number of rotatable bonds is 14. The fourth-order valence-corrected chi connectivity index (χ4v) is 16.3. The molecule has 454 valence electrons. The molecule has 0 amide bonds. The van der Waals surface area contributed by atoms with Gasteiger partial charge in [0, 0.05) is 22.5 Å². The van der Waals surface area contributed by atoms with Crippen LogP contribution >= 0.6 is 0 Å². The molecule has 8 rings (SSSR count). The largest absolute Gasteiger partial charge is 0.479 e. The number of carboxylic acid groups (broad SMARTS) is 1. The van der Waals surface area contributed by atoms with Crippen molar-refractivity contribution in [1.29, 1.82) is 0 Å². The number of hydrogen-bond acceptors (Lipinski definition) is 21. The molecule has 8 unspecified atom stereocenters. The van der Waals surface area contributed by atoms with Gasteiger partial charge in [0.1, 0.15) is 54.9 Å². The third-order valence-corrected chi connectivity index (χ3v) is 21.6. The number of aliphatic hydroxyl groups is 10. The highest BCUT2D eigenvalue weighted by molar-refractivity contribution is 5.89. The number of hydrogen-bond donors (Lipinski definition) is 11. The molecule has 0 bridgehead atoms. The van der Waals surface area contributed by atoms with Crippen molar-refractivity contribution >= 4 is 17.9 Å². The summed E-state index contributed by atoms with van der Waals surface area (Å²) in [6.45, 7) is 19.2. The van der Waals surface area contributed by atoms with Gasteiger partial charge in [0.2, 0.25) is 0 Å². The van der Waals surface area contributed by atoms with E-state index in [2.05, 4.69) is 40.7 Å². The molecule has 3 saturated heterocycles. The molecule has 25 atom stereocenters. The summed E-state index contributed by atoms with van der Waals surface area (Å²) in [5.41, 5.74) is -2.62. The first-order chi connectivity index (χ1) is 37.4. The fourth-order valence-electron chi connectivity index (χ4n) is 16.3. The summed E-state index contributed by atoms with van der Waals surface area (Å²) >= 11 is 0. The molecule has 0 aromatic rings. The van der Waals surface area contributed by atoms with Crippen molar-refractivity contribution in [2.24, 2.45) is 56.2 Å². The topological polar surface area (TPSA) is 348 Å². The summed E-state index contributed by atoms with van der Waals surface area (Å²) in [5.74, 6) is -4.73. The zero-order valence-corrected chi connectivity index (χ0v) is 48.0. The van der Waals surface area contributed by atoms with Crippen molar-refractivity contribution in [3.8, 4) is 0 Å². The van der Waals surface area contributed by atoms with Crippen LogP contribution in [0.4, 0.5) is 0 Å². The van der Waals surface area contributed by atoms with Gasteiger partial charge in [-0.3, -0.25) is 0 Å². The Balaban J connectivity index is 1.11. The molecule has 80 heavy (non-hydrogen) atoms. The predicted molar refractivity (Wildman–Crippen MR) is 280 cm³/mol. The number of esters is 2. The number of ether oxygens (including phenoxy) is 8. The van der Waals surface area contributed by atoms with E-state index in [-0.39, 0.29) is 23.7 Å². The zero-order chi connectivity index (χ0) is 59.1. The van der Waals surface area contributed by atoms with E-state index in [9.17, 15) is 70.6 Å². The van der Waals surface area contributed by atoms with Crippen LogP contribution < -0.4 is 0 Å². The predicted octanol–water partition coefficient (Wildman–Crippen LogP) is 1.54. The summed E-state index contributed by atoms with van der Waals surface area (Å²) in [6, 6.07) is 0. The van der Waals surface area contributed by atoms with Crippen LogP contribution in [0.1, 0.15) is 121 Å². The van der Waals surface area contributed by atoms with Crippen LogP contribution in [-0.2, 0) is 52.3 Å². The Morgan fingerprint density at radius 3 is 1.94 bits per heavy atom. The normalized spacial score (nSPS) is 48.3. The minimum absolute atomic E-state index is 0.0369. The van der Waals surface area contributed by atoms with Crippen molar-refractivity contribution in [3.63, 3.8) is 0 Å². The van der Waals surface area contributed by atoms with Gasteiger partial charge in [-0.05, 0) is 112 Å². The van der Waals surface area contributed by atoms with Crippen molar-refractivity contribution in [1.82, 2.24) is 0 Å². The molecule has 3 heterocycles. The van der Waals surface area contributed by atoms with Gasteiger partial charge in [0.15, 0.2) is 31.1 Å². The third-order valence-electron chi connectivity index (χ3n) is 21.6. The van der Waals surface area contributed by atoms with Crippen LogP contribution in [0.25, 0.3) is 0 Å². The van der Waals surface area contributed by atoms with Gasteiger partial charge in [-0.15, -0.1) is 0 Å². The van der Waals surface area contributed by atoms with E-state index < -0.39 is 188 Å². The second-order valence-corrected chi connectivity index (χ2v) is 26.4. The minimum Gasteiger partial charge on any atom is -0.479 e. The number of aliphatic hydroxyl groups excluding tert-OH is 10. The number of carbonyl (C=O) groups excluding carboxylic acids is 2. The Morgan fingerprint density at radius 1 is 0.713 bits per heavy atom. The minimum atomic E-state index is -1.95. The quantitative estimate of drug-likeness (QED) is 0.0509. The van der Waals surface area contributed by atoms with Crippen molar-refractivity contribution in [2.45, 2.75) is 225 Å². The van der Waals surface area contributed by atoms with Crippen LogP contribution in [-0.4, -0.2) is 205 Å². The molecule has 4 saturated carbocycles. The smallest absolute Gasteiger partial charge is 0.335 e. The van der Waals surface area contributed by atoms with E-state index in [1.165, 1.54) is 0 Å². The summed E-state index contributed by atoms with van der Waals surface area (Å²) < 4.78 is 49.1. The third kappa shape index (κ3) is 10.3. The van der Waals surface area contributed by atoms with Gasteiger partial charge < -0.3 is 94.1 Å². The molecule has 5 aliphatic carbocycles. The SMILES string of the molecule is C/C=C(/C)C(=O)O[C@H]1[C@H](OC(=O)/C(C)=C\C)[C@@]2(CO)C(CC1(C)C)C1=CCC3[C@@]4(C)CC[C@H](O[C@@H]5OC(C(=O)O)[C@@H](O)[C@@H](CO[C@@H]6OC[C@@H](O)[C@@H](O)C6O)C5O[C@@H]5OC(CO)[C@H](O)[C@@H](O)C5O)C(C)(C)C4CC[C@@]3(C)[C@]1(C)C[C@H]2O.